The molecule has 0 spiro atoms. The summed E-state index contributed by atoms with van der Waals surface area (Å²) >= 11 is 0. The summed E-state index contributed by atoms with van der Waals surface area (Å²) in [6.07, 6.45) is 3.53. The summed E-state index contributed by atoms with van der Waals surface area (Å²) in [6, 6.07) is 5.32. The zero-order valence-electron chi connectivity index (χ0n) is 16.4. The molecule has 1 aliphatic rings. The molecule has 1 atom stereocenters. The maximum Gasteiger partial charge on any atom is 0.231 e. The number of ether oxygens (including phenoxy) is 1. The van der Waals surface area contributed by atoms with Crippen molar-refractivity contribution in [2.75, 3.05) is 14.2 Å². The van der Waals surface area contributed by atoms with E-state index >= 15 is 0 Å². The zero-order chi connectivity index (χ0) is 20.5. The van der Waals surface area contributed by atoms with Crippen LogP contribution in [0.4, 0.5) is 0 Å². The fourth-order valence-corrected chi connectivity index (χ4v) is 3.11. The monoisotopic (exact) mass is 381 g/mol. The number of hydrogen-bond donors (Lipinski definition) is 1. The van der Waals surface area contributed by atoms with Crippen molar-refractivity contribution in [3.8, 4) is 5.75 Å². The molecule has 2 aromatic rings. The molecule has 3 heterocycles. The van der Waals surface area contributed by atoms with Crippen molar-refractivity contribution < 1.29 is 14.3 Å². The van der Waals surface area contributed by atoms with Gasteiger partial charge in [-0.1, -0.05) is 0 Å². The zero-order valence-corrected chi connectivity index (χ0v) is 16.4. The number of carbonyl (C=O) groups is 2. The summed E-state index contributed by atoms with van der Waals surface area (Å²) in [4.78, 5) is 39.3. The lowest BCUT2D eigenvalue weighted by Crippen LogP contribution is -2.47. The summed E-state index contributed by atoms with van der Waals surface area (Å²) in [6.45, 7) is 3.69. The van der Waals surface area contributed by atoms with Gasteiger partial charge in [0.05, 0.1) is 19.2 Å². The van der Waals surface area contributed by atoms with E-state index in [1.54, 1.807) is 37.6 Å². The highest BCUT2D eigenvalue weighted by Gasteiger charge is 2.37. The van der Waals surface area contributed by atoms with Crippen LogP contribution in [-0.4, -0.2) is 46.7 Å². The standard InChI is InChI=1S/C20H23N5O3/c1-12-7-15(28-4)18(23-11-12)14(26)8-13-5-6-22-16(9-13)20(2)10-17(27)25(3)19(21)24-20/h5-7,9,11H,8,10H2,1-4H3,(H2,21,24). The first-order chi connectivity index (χ1) is 13.2. The van der Waals surface area contributed by atoms with Gasteiger partial charge in [0.15, 0.2) is 11.7 Å². The number of carbonyl (C=O) groups excluding carboxylic acids is 2. The van der Waals surface area contributed by atoms with Crippen molar-refractivity contribution in [1.82, 2.24) is 14.9 Å². The molecule has 1 aliphatic heterocycles. The average molecular weight is 381 g/mol. The number of aromatic nitrogens is 2. The fourth-order valence-electron chi connectivity index (χ4n) is 3.11. The Balaban J connectivity index is 1.88. The summed E-state index contributed by atoms with van der Waals surface area (Å²) in [5.41, 5.74) is 7.54. The van der Waals surface area contributed by atoms with Gasteiger partial charge in [0.25, 0.3) is 0 Å². The molecule has 28 heavy (non-hydrogen) atoms. The third kappa shape index (κ3) is 3.71. The van der Waals surface area contributed by atoms with Crippen molar-refractivity contribution in [3.63, 3.8) is 0 Å². The lowest BCUT2D eigenvalue weighted by Gasteiger charge is -2.32. The van der Waals surface area contributed by atoms with Crippen molar-refractivity contribution >= 4 is 17.6 Å². The van der Waals surface area contributed by atoms with E-state index in [-0.39, 0.29) is 36.2 Å². The number of aryl methyl sites for hydroxylation is 1. The van der Waals surface area contributed by atoms with Gasteiger partial charge in [0.2, 0.25) is 5.91 Å². The second kappa shape index (κ2) is 7.38. The minimum atomic E-state index is -0.869. The average Bonchev–Trinajstić information content (AvgIpc) is 2.66. The molecular formula is C20H23N5O3. The largest absolute Gasteiger partial charge is 0.494 e. The van der Waals surface area contributed by atoms with Crippen LogP contribution in [0.5, 0.6) is 5.75 Å². The number of guanidine groups is 1. The number of pyridine rings is 2. The predicted octanol–water partition coefficient (Wildman–Crippen LogP) is 1.61. The highest BCUT2D eigenvalue weighted by Crippen LogP contribution is 2.32. The number of methoxy groups -OCH3 is 1. The normalized spacial score (nSPS) is 19.4. The quantitative estimate of drug-likeness (QED) is 0.788. The highest BCUT2D eigenvalue weighted by molar-refractivity contribution is 5.99. The van der Waals surface area contributed by atoms with Crippen LogP contribution < -0.4 is 10.5 Å². The van der Waals surface area contributed by atoms with Crippen LogP contribution in [0.3, 0.4) is 0 Å². The second-order valence-corrected chi connectivity index (χ2v) is 7.09. The Morgan fingerprint density at radius 2 is 2.11 bits per heavy atom. The lowest BCUT2D eigenvalue weighted by atomic mass is 9.90. The van der Waals surface area contributed by atoms with E-state index < -0.39 is 5.54 Å². The first-order valence-corrected chi connectivity index (χ1v) is 8.84. The lowest BCUT2D eigenvalue weighted by molar-refractivity contribution is -0.128. The number of nitrogens with zero attached hydrogens (tertiary/aromatic N) is 4. The fraction of sp³-hybridized carbons (Fsp3) is 0.350. The van der Waals surface area contributed by atoms with Crippen LogP contribution in [0.1, 0.15) is 40.7 Å². The Kier molecular flexibility index (Phi) is 5.13. The number of aliphatic imine (C=N–C) groups is 1. The summed E-state index contributed by atoms with van der Waals surface area (Å²) < 4.78 is 5.28. The van der Waals surface area contributed by atoms with E-state index in [0.717, 1.165) is 11.1 Å². The molecule has 3 rings (SSSR count). The van der Waals surface area contributed by atoms with E-state index in [9.17, 15) is 9.59 Å². The molecule has 0 fully saturated rings. The first kappa shape index (κ1) is 19.5. The molecule has 2 aromatic heterocycles. The van der Waals surface area contributed by atoms with Gasteiger partial charge in [-0.25, -0.2) is 9.98 Å². The molecule has 146 valence electrons. The number of Topliss-reactive ketones (excluding diaryl/α,β-unsaturated/α-hetero) is 1. The molecule has 0 saturated carbocycles. The van der Waals surface area contributed by atoms with Crippen molar-refractivity contribution in [3.05, 3.63) is 53.1 Å². The highest BCUT2D eigenvalue weighted by atomic mass is 16.5. The van der Waals surface area contributed by atoms with Gasteiger partial charge in [-0.15, -0.1) is 0 Å². The maximum atomic E-state index is 12.7. The molecule has 8 heteroatoms. The Morgan fingerprint density at radius 3 is 2.79 bits per heavy atom. The van der Waals surface area contributed by atoms with Crippen LogP contribution in [0.25, 0.3) is 0 Å². The summed E-state index contributed by atoms with van der Waals surface area (Å²) in [5, 5.41) is 0. The van der Waals surface area contributed by atoms with Crippen LogP contribution in [0.2, 0.25) is 0 Å². The molecule has 1 amide bonds. The van der Waals surface area contributed by atoms with E-state index in [0.29, 0.717) is 11.4 Å². The van der Waals surface area contributed by atoms with E-state index in [1.165, 1.54) is 12.0 Å². The van der Waals surface area contributed by atoms with E-state index in [1.807, 2.05) is 13.8 Å². The molecule has 0 bridgehead atoms. The molecule has 8 nitrogen and oxygen atoms in total. The minimum absolute atomic E-state index is 0.130. The summed E-state index contributed by atoms with van der Waals surface area (Å²) in [5.74, 6) is 0.300. The van der Waals surface area contributed by atoms with E-state index in [4.69, 9.17) is 10.5 Å². The third-order valence-electron chi connectivity index (χ3n) is 4.79. The van der Waals surface area contributed by atoms with Crippen molar-refractivity contribution in [2.24, 2.45) is 10.7 Å². The van der Waals surface area contributed by atoms with Crippen molar-refractivity contribution in [1.29, 1.82) is 0 Å². The SMILES string of the molecule is COc1cc(C)cnc1C(=O)Cc1ccnc(C2(C)CC(=O)N(C)C(N)=N2)c1. The smallest absolute Gasteiger partial charge is 0.231 e. The Morgan fingerprint density at radius 1 is 1.36 bits per heavy atom. The van der Waals surface area contributed by atoms with Crippen LogP contribution in [-0.2, 0) is 16.8 Å². The Labute approximate surface area is 163 Å². The number of nitrogens with two attached hydrogens (primary N) is 1. The van der Waals surface area contributed by atoms with Crippen LogP contribution >= 0.6 is 0 Å². The van der Waals surface area contributed by atoms with E-state index in [2.05, 4.69) is 15.0 Å². The van der Waals surface area contributed by atoms with Gasteiger partial charge in [0.1, 0.15) is 17.0 Å². The molecule has 2 N–H and O–H groups in total. The molecule has 0 saturated heterocycles. The van der Waals surface area contributed by atoms with Gasteiger partial charge >= 0.3 is 0 Å². The number of amides is 1. The third-order valence-corrected chi connectivity index (χ3v) is 4.79. The Bertz CT molecular complexity index is 972. The van der Waals surface area contributed by atoms with Gasteiger partial charge < -0.3 is 10.5 Å². The van der Waals surface area contributed by atoms with Crippen molar-refractivity contribution in [2.45, 2.75) is 32.2 Å². The number of rotatable bonds is 5. The second-order valence-electron chi connectivity index (χ2n) is 7.09. The maximum absolute atomic E-state index is 12.7. The minimum Gasteiger partial charge on any atom is -0.494 e. The molecule has 0 aliphatic carbocycles. The molecule has 0 radical (unpaired) electrons. The Hall–Kier alpha value is -3.29. The van der Waals surface area contributed by atoms with Crippen LogP contribution in [0.15, 0.2) is 35.6 Å². The topological polar surface area (TPSA) is 111 Å². The predicted molar refractivity (Wildman–Crippen MR) is 104 cm³/mol. The summed E-state index contributed by atoms with van der Waals surface area (Å²) in [7, 11) is 3.10. The molecular weight excluding hydrogens is 358 g/mol. The van der Waals surface area contributed by atoms with Gasteiger partial charge in [-0.05, 0) is 43.2 Å². The first-order valence-electron chi connectivity index (χ1n) is 8.84. The van der Waals surface area contributed by atoms with Gasteiger partial charge in [-0.2, -0.15) is 0 Å². The number of ketones is 1. The number of hydrogen-bond acceptors (Lipinski definition) is 7. The molecule has 0 aromatic carbocycles. The van der Waals surface area contributed by atoms with Crippen LogP contribution in [0, 0.1) is 6.92 Å². The van der Waals surface area contributed by atoms with Gasteiger partial charge in [-0.3, -0.25) is 19.5 Å². The molecule has 1 unspecified atom stereocenters. The van der Waals surface area contributed by atoms with Gasteiger partial charge in [0, 0.05) is 25.9 Å².